The summed E-state index contributed by atoms with van der Waals surface area (Å²) in [6, 6.07) is 9.62. The van der Waals surface area contributed by atoms with Crippen LogP contribution in [-0.2, 0) is 20.7 Å². The standard InChI is InChI=1S/C14H18O3/c1-11(2)10-17-14(16)13(15)9-8-12-6-4-3-5-7-12/h3-7,11H,8-10H2,1-2H3. The third kappa shape index (κ3) is 5.29. The van der Waals surface area contributed by atoms with Crippen molar-refractivity contribution in [2.24, 2.45) is 5.92 Å². The van der Waals surface area contributed by atoms with Crippen molar-refractivity contribution in [1.82, 2.24) is 0 Å². The fourth-order valence-corrected chi connectivity index (χ4v) is 1.33. The van der Waals surface area contributed by atoms with Crippen molar-refractivity contribution in [2.45, 2.75) is 26.7 Å². The number of rotatable bonds is 6. The molecule has 17 heavy (non-hydrogen) atoms. The van der Waals surface area contributed by atoms with E-state index in [1.54, 1.807) is 0 Å². The molecule has 0 aliphatic carbocycles. The van der Waals surface area contributed by atoms with Gasteiger partial charge in [-0.1, -0.05) is 44.2 Å². The highest BCUT2D eigenvalue weighted by atomic mass is 16.5. The summed E-state index contributed by atoms with van der Waals surface area (Å²) in [7, 11) is 0. The van der Waals surface area contributed by atoms with Crippen LogP contribution in [0.4, 0.5) is 0 Å². The van der Waals surface area contributed by atoms with Gasteiger partial charge in [0.2, 0.25) is 5.78 Å². The molecule has 0 spiro atoms. The molecular weight excluding hydrogens is 216 g/mol. The molecule has 3 nitrogen and oxygen atoms in total. The number of carbonyl (C=O) groups is 2. The number of aryl methyl sites for hydroxylation is 1. The Morgan fingerprint density at radius 2 is 1.82 bits per heavy atom. The topological polar surface area (TPSA) is 43.4 Å². The van der Waals surface area contributed by atoms with E-state index in [0.29, 0.717) is 13.0 Å². The largest absolute Gasteiger partial charge is 0.460 e. The monoisotopic (exact) mass is 234 g/mol. The first-order valence-corrected chi connectivity index (χ1v) is 5.83. The molecule has 3 heteroatoms. The van der Waals surface area contributed by atoms with Crippen LogP contribution < -0.4 is 0 Å². The SMILES string of the molecule is CC(C)COC(=O)C(=O)CCc1ccccc1. The molecule has 0 atom stereocenters. The third-order valence-electron chi connectivity index (χ3n) is 2.26. The van der Waals surface area contributed by atoms with Crippen LogP contribution in [0.25, 0.3) is 0 Å². The second-order valence-electron chi connectivity index (χ2n) is 4.40. The highest BCUT2D eigenvalue weighted by Crippen LogP contribution is 2.04. The van der Waals surface area contributed by atoms with Crippen molar-refractivity contribution in [1.29, 1.82) is 0 Å². The number of hydrogen-bond donors (Lipinski definition) is 0. The number of hydrogen-bond acceptors (Lipinski definition) is 3. The fraction of sp³-hybridized carbons (Fsp3) is 0.429. The van der Waals surface area contributed by atoms with Gasteiger partial charge in [0, 0.05) is 6.42 Å². The van der Waals surface area contributed by atoms with Gasteiger partial charge < -0.3 is 4.74 Å². The summed E-state index contributed by atoms with van der Waals surface area (Å²) >= 11 is 0. The molecule has 0 aromatic heterocycles. The molecule has 0 N–H and O–H groups in total. The predicted molar refractivity (Wildman–Crippen MR) is 65.6 cm³/mol. The van der Waals surface area contributed by atoms with Crippen LogP contribution in [0.1, 0.15) is 25.8 Å². The summed E-state index contributed by atoms with van der Waals surface area (Å²) in [6.07, 6.45) is 0.789. The van der Waals surface area contributed by atoms with Crippen LogP contribution in [0.2, 0.25) is 0 Å². The average molecular weight is 234 g/mol. The van der Waals surface area contributed by atoms with Gasteiger partial charge in [0.1, 0.15) is 0 Å². The molecule has 0 saturated heterocycles. The lowest BCUT2D eigenvalue weighted by atomic mass is 10.1. The van der Waals surface area contributed by atoms with Gasteiger partial charge in [-0.2, -0.15) is 0 Å². The van der Waals surface area contributed by atoms with E-state index < -0.39 is 11.8 Å². The zero-order valence-electron chi connectivity index (χ0n) is 10.3. The van der Waals surface area contributed by atoms with E-state index in [1.165, 1.54) is 0 Å². The number of ketones is 1. The average Bonchev–Trinajstić information content (AvgIpc) is 2.34. The molecule has 0 radical (unpaired) electrons. The molecule has 0 unspecified atom stereocenters. The van der Waals surface area contributed by atoms with Crippen LogP contribution >= 0.6 is 0 Å². The quantitative estimate of drug-likeness (QED) is 0.560. The van der Waals surface area contributed by atoms with E-state index >= 15 is 0 Å². The molecule has 0 fully saturated rings. The third-order valence-corrected chi connectivity index (χ3v) is 2.26. The lowest BCUT2D eigenvalue weighted by Crippen LogP contribution is -2.20. The minimum absolute atomic E-state index is 0.209. The van der Waals surface area contributed by atoms with Crippen LogP contribution in [0.5, 0.6) is 0 Å². The van der Waals surface area contributed by atoms with Crippen molar-refractivity contribution < 1.29 is 14.3 Å². The molecule has 1 aromatic carbocycles. The van der Waals surface area contributed by atoms with Gasteiger partial charge in [0.15, 0.2) is 0 Å². The Bertz CT molecular complexity index is 368. The van der Waals surface area contributed by atoms with Crippen LogP contribution in [-0.4, -0.2) is 18.4 Å². The summed E-state index contributed by atoms with van der Waals surface area (Å²) in [4.78, 5) is 22.8. The Morgan fingerprint density at radius 3 is 2.41 bits per heavy atom. The van der Waals surface area contributed by atoms with Crippen LogP contribution in [0.15, 0.2) is 30.3 Å². The smallest absolute Gasteiger partial charge is 0.374 e. The maximum Gasteiger partial charge on any atom is 0.374 e. The molecule has 0 aliphatic heterocycles. The molecule has 0 amide bonds. The fourth-order valence-electron chi connectivity index (χ4n) is 1.33. The molecule has 0 saturated carbocycles. The predicted octanol–water partition coefficient (Wildman–Crippen LogP) is 2.39. The van der Waals surface area contributed by atoms with Gasteiger partial charge in [-0.05, 0) is 17.9 Å². The van der Waals surface area contributed by atoms with E-state index in [-0.39, 0.29) is 12.3 Å². The highest BCUT2D eigenvalue weighted by molar-refractivity contribution is 6.33. The minimum Gasteiger partial charge on any atom is -0.460 e. The van der Waals surface area contributed by atoms with Crippen molar-refractivity contribution >= 4 is 11.8 Å². The first kappa shape index (κ1) is 13.4. The molecule has 92 valence electrons. The van der Waals surface area contributed by atoms with E-state index in [0.717, 1.165) is 5.56 Å². The van der Waals surface area contributed by atoms with Gasteiger partial charge >= 0.3 is 5.97 Å². The Hall–Kier alpha value is -1.64. The number of Topliss-reactive ketones (excluding diaryl/α,β-unsaturated/α-hetero) is 1. The first-order chi connectivity index (χ1) is 8.09. The van der Waals surface area contributed by atoms with Crippen molar-refractivity contribution in [3.8, 4) is 0 Å². The number of esters is 1. The highest BCUT2D eigenvalue weighted by Gasteiger charge is 2.15. The lowest BCUT2D eigenvalue weighted by Gasteiger charge is -2.06. The molecule has 1 aromatic rings. The Kier molecular flexibility index (Phi) is 5.40. The Labute approximate surface area is 102 Å². The van der Waals surface area contributed by atoms with Crippen molar-refractivity contribution in [3.63, 3.8) is 0 Å². The van der Waals surface area contributed by atoms with Gasteiger partial charge in [-0.25, -0.2) is 4.79 Å². The van der Waals surface area contributed by atoms with E-state index in [4.69, 9.17) is 4.74 Å². The zero-order valence-corrected chi connectivity index (χ0v) is 10.3. The van der Waals surface area contributed by atoms with Crippen molar-refractivity contribution in [3.05, 3.63) is 35.9 Å². The van der Waals surface area contributed by atoms with Crippen LogP contribution in [0.3, 0.4) is 0 Å². The maximum atomic E-state index is 11.5. The van der Waals surface area contributed by atoms with E-state index in [1.807, 2.05) is 44.2 Å². The van der Waals surface area contributed by atoms with E-state index in [2.05, 4.69) is 0 Å². The summed E-state index contributed by atoms with van der Waals surface area (Å²) < 4.78 is 4.87. The first-order valence-electron chi connectivity index (χ1n) is 5.83. The molecule has 1 rings (SSSR count). The zero-order chi connectivity index (χ0) is 12.7. The van der Waals surface area contributed by atoms with Crippen molar-refractivity contribution in [2.75, 3.05) is 6.61 Å². The van der Waals surface area contributed by atoms with Crippen LogP contribution in [0, 0.1) is 5.92 Å². The van der Waals surface area contributed by atoms with Gasteiger partial charge in [0.05, 0.1) is 6.61 Å². The summed E-state index contributed by atoms with van der Waals surface area (Å²) in [5.74, 6) is -0.912. The van der Waals surface area contributed by atoms with Gasteiger partial charge in [-0.15, -0.1) is 0 Å². The van der Waals surface area contributed by atoms with Gasteiger partial charge in [0.25, 0.3) is 0 Å². The second-order valence-corrected chi connectivity index (χ2v) is 4.40. The molecule has 0 heterocycles. The second kappa shape index (κ2) is 6.84. The lowest BCUT2D eigenvalue weighted by molar-refractivity contribution is -0.154. The maximum absolute atomic E-state index is 11.5. The Balaban J connectivity index is 2.32. The summed E-state index contributed by atoms with van der Waals surface area (Å²) in [5, 5.41) is 0. The summed E-state index contributed by atoms with van der Waals surface area (Å²) in [6.45, 7) is 4.17. The number of benzene rings is 1. The normalized spacial score (nSPS) is 10.3. The number of carbonyl (C=O) groups excluding carboxylic acids is 2. The van der Waals surface area contributed by atoms with Gasteiger partial charge in [-0.3, -0.25) is 4.79 Å². The summed E-state index contributed by atoms with van der Waals surface area (Å²) in [5.41, 5.74) is 1.05. The van der Waals surface area contributed by atoms with E-state index in [9.17, 15) is 9.59 Å². The minimum atomic E-state index is -0.713. The Morgan fingerprint density at radius 1 is 1.18 bits per heavy atom. The molecular formula is C14H18O3. The number of ether oxygens (including phenoxy) is 1. The molecule has 0 bridgehead atoms. The molecule has 0 aliphatic rings.